The van der Waals surface area contributed by atoms with E-state index in [0.717, 1.165) is 31.0 Å². The molecule has 3 N–H and O–H groups in total. The van der Waals surface area contributed by atoms with Crippen molar-refractivity contribution < 1.29 is 38.9 Å². The Kier molecular flexibility index (Phi) is 6.39. The molecule has 2 bridgehead atoms. The van der Waals surface area contributed by atoms with E-state index in [-0.39, 0.29) is 40.5 Å². The zero-order valence-corrected chi connectivity index (χ0v) is 21.1. The van der Waals surface area contributed by atoms with Crippen LogP contribution in [0.25, 0.3) is 0 Å². The van der Waals surface area contributed by atoms with Gasteiger partial charge in [-0.3, -0.25) is 19.2 Å². The van der Waals surface area contributed by atoms with Gasteiger partial charge in [0.15, 0.2) is 11.6 Å². The third kappa shape index (κ3) is 3.75. The summed E-state index contributed by atoms with van der Waals surface area (Å²) >= 11 is 0.925. The average Bonchev–Trinajstić information content (AvgIpc) is 3.15. The van der Waals surface area contributed by atoms with Gasteiger partial charge in [-0.2, -0.15) is 0 Å². The number of aliphatic carboxylic acids is 2. The van der Waals surface area contributed by atoms with Gasteiger partial charge in [-0.1, -0.05) is 6.92 Å². The number of Topliss-reactive ketones (excluding diaryl/α,β-unsaturated/α-hetero) is 1. The van der Waals surface area contributed by atoms with Gasteiger partial charge in [-0.25, -0.2) is 4.79 Å². The lowest BCUT2D eigenvalue weighted by Gasteiger charge is -2.56. The molecule has 0 aromatic carbocycles. The molecular formula is C26H31NO8S. The maximum Gasteiger partial charge on any atom is 0.327 e. The number of thioether (sulfide) groups is 1. The maximum absolute atomic E-state index is 13.6. The van der Waals surface area contributed by atoms with Gasteiger partial charge in [0.1, 0.15) is 6.04 Å². The average molecular weight is 518 g/mol. The van der Waals surface area contributed by atoms with Crippen molar-refractivity contribution in [2.24, 2.45) is 35.0 Å². The number of ketones is 2. The van der Waals surface area contributed by atoms with Gasteiger partial charge in [-0.15, -0.1) is 11.8 Å². The van der Waals surface area contributed by atoms with Crippen LogP contribution in [0, 0.1) is 35.0 Å². The van der Waals surface area contributed by atoms with E-state index in [1.165, 1.54) is 13.0 Å². The van der Waals surface area contributed by atoms with Gasteiger partial charge in [0.05, 0.1) is 23.5 Å². The van der Waals surface area contributed by atoms with Crippen LogP contribution in [0.2, 0.25) is 0 Å². The number of nitrogens with one attached hydrogen (secondary N) is 1. The van der Waals surface area contributed by atoms with Gasteiger partial charge >= 0.3 is 11.9 Å². The first-order valence-corrected chi connectivity index (χ1v) is 13.6. The Bertz CT molecular complexity index is 1110. The molecule has 5 aliphatic rings. The van der Waals surface area contributed by atoms with Crippen LogP contribution in [0.5, 0.6) is 0 Å². The minimum atomic E-state index is -1.23. The first-order valence-electron chi connectivity index (χ1n) is 12.6. The molecule has 1 aliphatic heterocycles. The van der Waals surface area contributed by atoms with Crippen LogP contribution in [-0.2, 0) is 28.7 Å². The third-order valence-corrected chi connectivity index (χ3v) is 10.4. The fraction of sp³-hybridized carbons (Fsp3) is 0.654. The number of carbonyl (C=O) groups is 5. The summed E-state index contributed by atoms with van der Waals surface area (Å²) < 4.78 is 6.42. The van der Waals surface area contributed by atoms with Crippen LogP contribution >= 0.6 is 11.8 Å². The van der Waals surface area contributed by atoms with Crippen LogP contribution in [-0.4, -0.2) is 64.1 Å². The van der Waals surface area contributed by atoms with Gasteiger partial charge in [0, 0.05) is 35.3 Å². The number of carboxylic acids is 2. The van der Waals surface area contributed by atoms with E-state index in [9.17, 15) is 34.2 Å². The molecule has 3 fully saturated rings. The quantitative estimate of drug-likeness (QED) is 0.451. The van der Waals surface area contributed by atoms with Gasteiger partial charge < -0.3 is 20.3 Å². The molecule has 5 rings (SSSR count). The van der Waals surface area contributed by atoms with E-state index in [2.05, 4.69) is 12.2 Å². The van der Waals surface area contributed by atoms with E-state index in [1.807, 2.05) is 0 Å². The lowest BCUT2D eigenvalue weighted by molar-refractivity contribution is -0.159. The molecule has 1 saturated heterocycles. The number of allylic oxidation sites excluding steroid dienone is 3. The molecule has 2 saturated carbocycles. The van der Waals surface area contributed by atoms with Crippen molar-refractivity contribution in [3.05, 3.63) is 22.1 Å². The van der Waals surface area contributed by atoms with Crippen LogP contribution in [0.4, 0.5) is 0 Å². The predicted molar refractivity (Wildman–Crippen MR) is 129 cm³/mol. The Hall–Kier alpha value is -2.46. The Morgan fingerprint density at radius 1 is 1.19 bits per heavy atom. The fourth-order valence-electron chi connectivity index (χ4n) is 7.88. The van der Waals surface area contributed by atoms with Crippen molar-refractivity contribution in [2.45, 2.75) is 58.1 Å². The highest BCUT2D eigenvalue weighted by Crippen LogP contribution is 2.68. The first-order chi connectivity index (χ1) is 17.1. The SMILES string of the molecule is CC(=O)N[C@@H](CSC1=CC(=O)C2=C(CC3[C@H](C(=O)O)CCC4[C@@H]5CC[C@]34[C@@H]2OC[C@H]5C)C1=O)C(=O)O. The van der Waals surface area contributed by atoms with Gasteiger partial charge in [0.2, 0.25) is 5.91 Å². The molecular weight excluding hydrogens is 486 g/mol. The Labute approximate surface area is 213 Å². The van der Waals surface area contributed by atoms with E-state index in [1.54, 1.807) is 0 Å². The third-order valence-electron chi connectivity index (χ3n) is 9.26. The maximum atomic E-state index is 13.6. The van der Waals surface area contributed by atoms with Crippen molar-refractivity contribution in [2.75, 3.05) is 12.4 Å². The van der Waals surface area contributed by atoms with E-state index in [0.29, 0.717) is 36.0 Å². The molecule has 194 valence electrons. The number of amides is 1. The summed E-state index contributed by atoms with van der Waals surface area (Å²) in [4.78, 5) is 62.5. The number of rotatable bonds is 6. The van der Waals surface area contributed by atoms with E-state index in [4.69, 9.17) is 4.74 Å². The molecule has 10 heteroatoms. The highest BCUT2D eigenvalue weighted by molar-refractivity contribution is 8.04. The molecule has 1 spiro atoms. The topological polar surface area (TPSA) is 147 Å². The number of hydrogen-bond acceptors (Lipinski definition) is 7. The van der Waals surface area contributed by atoms with Crippen molar-refractivity contribution in [3.8, 4) is 0 Å². The van der Waals surface area contributed by atoms with Crippen molar-refractivity contribution in [1.29, 1.82) is 0 Å². The standard InChI is InChI=1S/C26H31NO8S/c1-11-9-35-23-21-15(7-17-14(24(31)32)3-4-16-13(11)5-6-26(16,17)23)22(30)20(8-19(21)29)36-10-18(25(33)34)27-12(2)28/h8,11,13-14,16-18,23H,3-7,9-10H2,1-2H3,(H,27,28)(H,31,32)(H,33,34)/t11-,13-,14-,16?,17?,18+,23-,26-/m1/s1. The van der Waals surface area contributed by atoms with Crippen molar-refractivity contribution in [1.82, 2.24) is 5.32 Å². The van der Waals surface area contributed by atoms with Gasteiger partial charge in [0.25, 0.3) is 0 Å². The second-order valence-corrected chi connectivity index (χ2v) is 12.0. The molecule has 1 amide bonds. The zero-order valence-electron chi connectivity index (χ0n) is 20.3. The molecule has 8 atom stereocenters. The lowest BCUT2D eigenvalue weighted by Crippen LogP contribution is -2.57. The first kappa shape index (κ1) is 25.2. The molecule has 4 aliphatic carbocycles. The zero-order chi connectivity index (χ0) is 25.9. The second kappa shape index (κ2) is 9.13. The van der Waals surface area contributed by atoms with Gasteiger partial charge in [-0.05, 0) is 55.8 Å². The number of carboxylic acid groups (broad SMARTS) is 2. The Morgan fingerprint density at radius 2 is 1.94 bits per heavy atom. The molecule has 2 unspecified atom stereocenters. The number of hydrogen-bond donors (Lipinski definition) is 3. The Balaban J connectivity index is 1.50. The molecule has 0 aromatic heterocycles. The summed E-state index contributed by atoms with van der Waals surface area (Å²) in [5.41, 5.74) is 0.244. The fourth-order valence-corrected chi connectivity index (χ4v) is 8.90. The highest BCUT2D eigenvalue weighted by atomic mass is 32.2. The van der Waals surface area contributed by atoms with Crippen LogP contribution < -0.4 is 5.32 Å². The molecule has 0 aromatic rings. The highest BCUT2D eigenvalue weighted by Gasteiger charge is 2.67. The predicted octanol–water partition coefficient (Wildman–Crippen LogP) is 2.20. The number of ether oxygens (including phenoxy) is 1. The molecule has 36 heavy (non-hydrogen) atoms. The van der Waals surface area contributed by atoms with Crippen molar-refractivity contribution >= 4 is 41.2 Å². The minimum Gasteiger partial charge on any atom is -0.481 e. The number of carbonyl (C=O) groups excluding carboxylic acids is 3. The minimum absolute atomic E-state index is 0.116. The van der Waals surface area contributed by atoms with Crippen LogP contribution in [0.15, 0.2) is 22.1 Å². The smallest absolute Gasteiger partial charge is 0.327 e. The number of fused-ring (bicyclic) bond motifs is 1. The van der Waals surface area contributed by atoms with E-state index >= 15 is 0 Å². The monoisotopic (exact) mass is 517 g/mol. The van der Waals surface area contributed by atoms with E-state index < -0.39 is 41.3 Å². The largest absolute Gasteiger partial charge is 0.481 e. The van der Waals surface area contributed by atoms with Crippen LogP contribution in [0.1, 0.15) is 46.0 Å². The summed E-state index contributed by atoms with van der Waals surface area (Å²) in [5.74, 6) is -3.31. The summed E-state index contributed by atoms with van der Waals surface area (Å²) in [6, 6.07) is -1.21. The second-order valence-electron chi connectivity index (χ2n) is 10.9. The summed E-state index contributed by atoms with van der Waals surface area (Å²) in [6.45, 7) is 3.84. The summed E-state index contributed by atoms with van der Waals surface area (Å²) in [6.07, 6.45) is 4.03. The lowest BCUT2D eigenvalue weighted by atomic mass is 9.48. The molecule has 0 radical (unpaired) electrons. The molecule has 1 heterocycles. The summed E-state index contributed by atoms with van der Waals surface area (Å²) in [7, 11) is 0. The molecule has 9 nitrogen and oxygen atoms in total. The van der Waals surface area contributed by atoms with Crippen LogP contribution in [0.3, 0.4) is 0 Å². The van der Waals surface area contributed by atoms with Crippen molar-refractivity contribution in [3.63, 3.8) is 0 Å². The normalized spacial score (nSPS) is 37.9. The summed E-state index contributed by atoms with van der Waals surface area (Å²) in [5, 5.41) is 21.8. The Morgan fingerprint density at radius 3 is 2.61 bits per heavy atom.